The molecule has 1 aliphatic rings. The van der Waals surface area contributed by atoms with E-state index in [2.05, 4.69) is 25.6 Å². The number of likely N-dealkylation sites (tertiary alicyclic amines) is 1. The van der Waals surface area contributed by atoms with Gasteiger partial charge in [-0.15, -0.1) is 0 Å². The van der Waals surface area contributed by atoms with Crippen LogP contribution in [0.5, 0.6) is 0 Å². The van der Waals surface area contributed by atoms with Gasteiger partial charge in [-0.3, -0.25) is 14.5 Å². The van der Waals surface area contributed by atoms with Crippen molar-refractivity contribution in [2.75, 3.05) is 25.5 Å². The van der Waals surface area contributed by atoms with Crippen LogP contribution < -0.4 is 16.2 Å². The summed E-state index contributed by atoms with van der Waals surface area (Å²) in [7, 11) is 1.43. The average molecular weight is 446 g/mol. The number of nitrogens with zero attached hydrogens (tertiary/aromatic N) is 3. The number of nitrogens with one attached hydrogen (secondary N) is 3. The molecular weight excluding hydrogens is 425 g/mol. The Balaban J connectivity index is 1.47. The summed E-state index contributed by atoms with van der Waals surface area (Å²) in [5.74, 6) is -2.71. The standard InChI is InChI=1S/C21H21F3N6O2/c1-10-20(31)29-18-16(23)11(7-13(22)17(18)26-10)8-30-6-5-12(9-30)27-14-3-4-15(21(32)25-2)28-19(14)24/h3-4,7,12,27H,5-6,8-9H2,1-2H3,(H,25,32)(H,29,31). The van der Waals surface area contributed by atoms with Crippen LogP contribution in [0.3, 0.4) is 0 Å². The van der Waals surface area contributed by atoms with Crippen LogP contribution in [0.4, 0.5) is 18.9 Å². The quantitative estimate of drug-likeness (QED) is 0.519. The molecule has 1 amide bonds. The Morgan fingerprint density at radius 3 is 2.78 bits per heavy atom. The first kappa shape index (κ1) is 21.8. The third-order valence-electron chi connectivity index (χ3n) is 5.45. The van der Waals surface area contributed by atoms with Gasteiger partial charge in [-0.25, -0.2) is 18.7 Å². The van der Waals surface area contributed by atoms with Crippen LogP contribution in [-0.2, 0) is 6.54 Å². The van der Waals surface area contributed by atoms with Crippen molar-refractivity contribution >= 4 is 22.6 Å². The monoisotopic (exact) mass is 446 g/mol. The summed E-state index contributed by atoms with van der Waals surface area (Å²) in [5.41, 5.74) is -0.758. The van der Waals surface area contributed by atoms with Crippen molar-refractivity contribution in [3.63, 3.8) is 0 Å². The Morgan fingerprint density at radius 2 is 2.06 bits per heavy atom. The molecule has 1 aliphatic heterocycles. The molecule has 0 radical (unpaired) electrons. The van der Waals surface area contributed by atoms with Crippen LogP contribution in [0, 0.1) is 24.5 Å². The van der Waals surface area contributed by atoms with Crippen molar-refractivity contribution in [3.8, 4) is 0 Å². The van der Waals surface area contributed by atoms with Gasteiger partial charge < -0.3 is 15.6 Å². The molecule has 8 nitrogen and oxygen atoms in total. The van der Waals surface area contributed by atoms with Crippen LogP contribution in [0.25, 0.3) is 11.0 Å². The topological polar surface area (TPSA) is 103 Å². The van der Waals surface area contributed by atoms with Crippen LogP contribution in [0.2, 0.25) is 0 Å². The van der Waals surface area contributed by atoms with Gasteiger partial charge in [-0.05, 0) is 31.5 Å². The number of amides is 1. The van der Waals surface area contributed by atoms with E-state index < -0.39 is 29.0 Å². The highest BCUT2D eigenvalue weighted by atomic mass is 19.1. The molecule has 3 N–H and O–H groups in total. The van der Waals surface area contributed by atoms with Crippen molar-refractivity contribution in [2.24, 2.45) is 0 Å². The number of aromatic amines is 1. The summed E-state index contributed by atoms with van der Waals surface area (Å²) >= 11 is 0. The van der Waals surface area contributed by atoms with E-state index in [0.29, 0.717) is 19.5 Å². The number of pyridine rings is 1. The molecule has 1 fully saturated rings. The minimum absolute atomic E-state index is 0.0277. The third-order valence-corrected chi connectivity index (χ3v) is 5.45. The summed E-state index contributed by atoms with van der Waals surface area (Å²) < 4.78 is 43.7. The lowest BCUT2D eigenvalue weighted by Gasteiger charge is -2.18. The first-order chi connectivity index (χ1) is 15.3. The number of rotatable bonds is 5. The highest BCUT2D eigenvalue weighted by Crippen LogP contribution is 2.24. The minimum Gasteiger partial charge on any atom is -0.377 e. The SMILES string of the molecule is CNC(=O)c1ccc(NC2CCN(Cc3cc(F)c4nc(C)c(=O)[nH]c4c3F)C2)c(F)n1. The maximum absolute atomic E-state index is 14.9. The number of benzene rings is 1. The van der Waals surface area contributed by atoms with Crippen molar-refractivity contribution < 1.29 is 18.0 Å². The second-order valence-corrected chi connectivity index (χ2v) is 7.69. The summed E-state index contributed by atoms with van der Waals surface area (Å²) in [4.78, 5) is 35.1. The van der Waals surface area contributed by atoms with Gasteiger partial charge in [0.2, 0.25) is 5.95 Å². The number of fused-ring (bicyclic) bond motifs is 1. The van der Waals surface area contributed by atoms with Gasteiger partial charge in [0.15, 0.2) is 11.6 Å². The van der Waals surface area contributed by atoms with E-state index in [0.717, 1.165) is 6.07 Å². The zero-order valence-electron chi connectivity index (χ0n) is 17.4. The number of anilines is 1. The molecule has 2 aromatic heterocycles. The first-order valence-electron chi connectivity index (χ1n) is 10.0. The molecule has 0 bridgehead atoms. The Bertz CT molecular complexity index is 1260. The maximum atomic E-state index is 14.9. The minimum atomic E-state index is -0.793. The molecule has 11 heteroatoms. The molecule has 1 unspecified atom stereocenters. The normalized spacial score (nSPS) is 16.5. The zero-order chi connectivity index (χ0) is 23.0. The molecule has 1 saturated heterocycles. The van der Waals surface area contributed by atoms with Gasteiger partial charge in [0.05, 0.1) is 5.69 Å². The van der Waals surface area contributed by atoms with E-state index in [9.17, 15) is 22.8 Å². The number of aryl methyl sites for hydroxylation is 1. The Hall–Kier alpha value is -3.47. The number of H-pyrrole nitrogens is 1. The van der Waals surface area contributed by atoms with Crippen molar-refractivity contribution in [3.05, 3.63) is 63.1 Å². The molecule has 1 atom stereocenters. The highest BCUT2D eigenvalue weighted by molar-refractivity contribution is 5.92. The third kappa shape index (κ3) is 4.15. The summed E-state index contributed by atoms with van der Waals surface area (Å²) in [6.45, 7) is 2.57. The van der Waals surface area contributed by atoms with Crippen LogP contribution in [0.15, 0.2) is 23.0 Å². The molecule has 4 rings (SSSR count). The zero-order valence-corrected chi connectivity index (χ0v) is 17.4. The highest BCUT2D eigenvalue weighted by Gasteiger charge is 2.25. The molecule has 0 spiro atoms. The number of hydrogen-bond acceptors (Lipinski definition) is 6. The van der Waals surface area contributed by atoms with E-state index in [-0.39, 0.29) is 46.3 Å². The first-order valence-corrected chi connectivity index (χ1v) is 10.0. The van der Waals surface area contributed by atoms with Gasteiger partial charge in [0.25, 0.3) is 11.5 Å². The maximum Gasteiger partial charge on any atom is 0.269 e. The Morgan fingerprint density at radius 1 is 1.28 bits per heavy atom. The second kappa shape index (κ2) is 8.58. The molecule has 168 valence electrons. The lowest BCUT2D eigenvalue weighted by atomic mass is 10.1. The lowest BCUT2D eigenvalue weighted by molar-refractivity contribution is 0.0957. The molecule has 3 aromatic rings. The average Bonchev–Trinajstić information content (AvgIpc) is 3.21. The van der Waals surface area contributed by atoms with Crippen LogP contribution in [-0.4, -0.2) is 51.9 Å². The van der Waals surface area contributed by atoms with Crippen LogP contribution in [0.1, 0.15) is 28.2 Å². The molecule has 1 aromatic carbocycles. The van der Waals surface area contributed by atoms with Gasteiger partial charge in [-0.1, -0.05) is 0 Å². The molecular formula is C21H21F3N6O2. The van der Waals surface area contributed by atoms with Gasteiger partial charge in [-0.2, -0.15) is 4.39 Å². The fourth-order valence-corrected chi connectivity index (χ4v) is 3.78. The predicted octanol–water partition coefficient (Wildman–Crippen LogP) is 2.09. The fraction of sp³-hybridized carbons (Fsp3) is 0.333. The van der Waals surface area contributed by atoms with Gasteiger partial charge in [0, 0.05) is 38.3 Å². The fourth-order valence-electron chi connectivity index (χ4n) is 3.78. The van der Waals surface area contributed by atoms with E-state index in [4.69, 9.17) is 0 Å². The smallest absolute Gasteiger partial charge is 0.269 e. The largest absolute Gasteiger partial charge is 0.377 e. The summed E-state index contributed by atoms with van der Waals surface area (Å²) in [5, 5.41) is 5.42. The van der Waals surface area contributed by atoms with Crippen LogP contribution >= 0.6 is 0 Å². The van der Waals surface area contributed by atoms with Crippen molar-refractivity contribution in [1.82, 2.24) is 25.2 Å². The van der Waals surface area contributed by atoms with Gasteiger partial charge in [0.1, 0.15) is 22.4 Å². The molecule has 3 heterocycles. The van der Waals surface area contributed by atoms with Gasteiger partial charge >= 0.3 is 0 Å². The van der Waals surface area contributed by atoms with E-state index in [1.807, 2.05) is 4.90 Å². The number of aromatic nitrogens is 3. The van der Waals surface area contributed by atoms with Crippen molar-refractivity contribution in [2.45, 2.75) is 25.9 Å². The predicted molar refractivity (Wildman–Crippen MR) is 112 cm³/mol. The Labute approximate surface area is 180 Å². The number of carbonyl (C=O) groups is 1. The number of hydrogen-bond donors (Lipinski definition) is 3. The van der Waals surface area contributed by atoms with Crippen molar-refractivity contribution in [1.29, 1.82) is 0 Å². The second-order valence-electron chi connectivity index (χ2n) is 7.69. The lowest BCUT2D eigenvalue weighted by Crippen LogP contribution is -2.27. The van der Waals surface area contributed by atoms with E-state index in [1.54, 1.807) is 0 Å². The number of halogens is 3. The molecule has 0 aliphatic carbocycles. The molecule has 0 saturated carbocycles. The Kier molecular flexibility index (Phi) is 5.83. The summed E-state index contributed by atoms with van der Waals surface area (Å²) in [6.07, 6.45) is 0.645. The number of carbonyl (C=O) groups excluding carboxylic acids is 1. The molecule has 32 heavy (non-hydrogen) atoms. The summed E-state index contributed by atoms with van der Waals surface area (Å²) in [6, 6.07) is 3.80. The van der Waals surface area contributed by atoms with E-state index >= 15 is 0 Å². The van der Waals surface area contributed by atoms with E-state index in [1.165, 1.54) is 26.1 Å².